The molecule has 57 valence electrons. The maximum Gasteiger partial charge on any atom is 0.233 e. The minimum absolute atomic E-state index is 0.673. The van der Waals surface area contributed by atoms with Gasteiger partial charge in [0, 0.05) is 10.9 Å². The third kappa shape index (κ3) is 2.15. The Labute approximate surface area is 74.6 Å². The molecule has 1 nitrogen and oxygen atoms in total. The van der Waals surface area contributed by atoms with E-state index in [-0.39, 0.29) is 0 Å². The summed E-state index contributed by atoms with van der Waals surface area (Å²) < 4.78 is 0. The normalized spacial score (nSPS) is 9.55. The van der Waals surface area contributed by atoms with Crippen LogP contribution >= 0.6 is 15.9 Å². The van der Waals surface area contributed by atoms with Crippen molar-refractivity contribution in [1.82, 2.24) is 0 Å². The van der Waals surface area contributed by atoms with Crippen LogP contribution in [0.4, 0.5) is 0 Å². The molecule has 0 atom stereocenters. The molecule has 1 aromatic rings. The van der Waals surface area contributed by atoms with E-state index in [4.69, 9.17) is 0 Å². The topological polar surface area (TPSA) is 17.1 Å². The minimum Gasteiger partial charge on any atom is -0.285 e. The molecular weight excluding hydrogens is 204 g/mol. The maximum absolute atomic E-state index is 10.4. The molecule has 1 rings (SSSR count). The largest absolute Gasteiger partial charge is 0.285 e. The number of alkyl halides is 1. The molecule has 0 fully saturated rings. The Morgan fingerprint density at radius 3 is 2.73 bits per heavy atom. The number of rotatable bonds is 3. The van der Waals surface area contributed by atoms with Gasteiger partial charge in [0.2, 0.25) is 6.29 Å². The Balaban J connectivity index is 2.92. The molecule has 2 heteroatoms. The van der Waals surface area contributed by atoms with E-state index in [0.717, 1.165) is 17.3 Å². The Morgan fingerprint density at radius 1 is 1.36 bits per heavy atom. The van der Waals surface area contributed by atoms with Crippen LogP contribution in [0.5, 0.6) is 0 Å². The zero-order valence-electron chi connectivity index (χ0n) is 6.01. The first-order valence-electron chi connectivity index (χ1n) is 3.40. The minimum atomic E-state index is 0.673. The predicted molar refractivity (Wildman–Crippen MR) is 48.7 cm³/mol. The highest BCUT2D eigenvalue weighted by Crippen LogP contribution is 2.07. The SMILES string of the molecule is O=[C]c1ccccc1CCBr. The smallest absolute Gasteiger partial charge is 0.233 e. The van der Waals surface area contributed by atoms with E-state index < -0.39 is 0 Å². The van der Waals surface area contributed by atoms with E-state index in [1.807, 2.05) is 24.5 Å². The first kappa shape index (κ1) is 8.47. The molecule has 0 aromatic heterocycles. The van der Waals surface area contributed by atoms with Crippen LogP contribution in [0.25, 0.3) is 0 Å². The second kappa shape index (κ2) is 4.29. The van der Waals surface area contributed by atoms with Crippen LogP contribution in [0, 0.1) is 0 Å². The van der Waals surface area contributed by atoms with E-state index in [1.165, 1.54) is 0 Å². The molecule has 0 spiro atoms. The average molecular weight is 212 g/mol. The standard InChI is InChI=1S/C9H8BrO/c10-6-5-8-3-1-2-4-9(8)7-11/h1-4H,5-6H2. The molecule has 0 amide bonds. The van der Waals surface area contributed by atoms with Gasteiger partial charge in [-0.2, -0.15) is 0 Å². The molecule has 0 aliphatic rings. The second-order valence-corrected chi connectivity index (χ2v) is 2.99. The Bertz CT molecular complexity index is 245. The number of hydrogen-bond donors (Lipinski definition) is 0. The number of halogens is 1. The van der Waals surface area contributed by atoms with Gasteiger partial charge in [0.15, 0.2) is 0 Å². The van der Waals surface area contributed by atoms with E-state index in [0.29, 0.717) is 5.56 Å². The summed E-state index contributed by atoms with van der Waals surface area (Å²) in [7, 11) is 0. The van der Waals surface area contributed by atoms with Crippen LogP contribution in [0.15, 0.2) is 24.3 Å². The fourth-order valence-electron chi connectivity index (χ4n) is 0.940. The number of benzene rings is 1. The summed E-state index contributed by atoms with van der Waals surface area (Å²) in [5.74, 6) is 0. The monoisotopic (exact) mass is 211 g/mol. The van der Waals surface area contributed by atoms with Crippen molar-refractivity contribution in [1.29, 1.82) is 0 Å². The average Bonchev–Trinajstić information content (AvgIpc) is 2.06. The van der Waals surface area contributed by atoms with Crippen molar-refractivity contribution in [3.05, 3.63) is 35.4 Å². The highest BCUT2D eigenvalue weighted by Gasteiger charge is 1.98. The lowest BCUT2D eigenvalue weighted by Crippen LogP contribution is -1.92. The number of aryl methyl sites for hydroxylation is 1. The summed E-state index contributed by atoms with van der Waals surface area (Å²) in [6, 6.07) is 7.50. The van der Waals surface area contributed by atoms with Gasteiger partial charge >= 0.3 is 0 Å². The lowest BCUT2D eigenvalue weighted by molar-refractivity contribution is 0.562. The van der Waals surface area contributed by atoms with Crippen molar-refractivity contribution < 1.29 is 4.79 Å². The third-order valence-electron chi connectivity index (χ3n) is 1.49. The van der Waals surface area contributed by atoms with Crippen LogP contribution in [-0.4, -0.2) is 11.6 Å². The Hall–Kier alpha value is -0.630. The van der Waals surface area contributed by atoms with Gasteiger partial charge in [-0.05, 0) is 12.0 Å². The summed E-state index contributed by atoms with van der Waals surface area (Å²) >= 11 is 3.32. The molecule has 0 unspecified atom stereocenters. The van der Waals surface area contributed by atoms with Crippen molar-refractivity contribution in [2.24, 2.45) is 0 Å². The first-order valence-corrected chi connectivity index (χ1v) is 4.52. The lowest BCUT2D eigenvalue weighted by atomic mass is 10.1. The summed E-state index contributed by atoms with van der Waals surface area (Å²) in [5.41, 5.74) is 1.73. The van der Waals surface area contributed by atoms with Crippen LogP contribution in [0.3, 0.4) is 0 Å². The molecule has 0 aliphatic carbocycles. The van der Waals surface area contributed by atoms with Gasteiger partial charge in [0.1, 0.15) is 0 Å². The van der Waals surface area contributed by atoms with Gasteiger partial charge in [-0.3, -0.25) is 4.79 Å². The molecule has 0 saturated heterocycles. The van der Waals surface area contributed by atoms with Gasteiger partial charge < -0.3 is 0 Å². The third-order valence-corrected chi connectivity index (χ3v) is 1.89. The fourth-order valence-corrected chi connectivity index (χ4v) is 1.37. The second-order valence-electron chi connectivity index (χ2n) is 2.20. The molecular formula is C9H8BrO. The highest BCUT2D eigenvalue weighted by molar-refractivity contribution is 9.09. The summed E-state index contributed by atoms with van der Waals surface area (Å²) in [5, 5.41) is 0.881. The van der Waals surface area contributed by atoms with E-state index in [9.17, 15) is 4.79 Å². The fraction of sp³-hybridized carbons (Fsp3) is 0.222. The van der Waals surface area contributed by atoms with Gasteiger partial charge in [-0.15, -0.1) is 0 Å². The zero-order chi connectivity index (χ0) is 8.10. The Kier molecular flexibility index (Phi) is 3.30. The van der Waals surface area contributed by atoms with Crippen molar-refractivity contribution in [3.8, 4) is 0 Å². The quantitative estimate of drug-likeness (QED) is 0.701. The van der Waals surface area contributed by atoms with Crippen molar-refractivity contribution in [2.45, 2.75) is 6.42 Å². The lowest BCUT2D eigenvalue weighted by Gasteiger charge is -1.98. The zero-order valence-corrected chi connectivity index (χ0v) is 7.60. The summed E-state index contributed by atoms with van der Waals surface area (Å²) in [6.45, 7) is 0. The van der Waals surface area contributed by atoms with Crippen molar-refractivity contribution in [3.63, 3.8) is 0 Å². The molecule has 1 aromatic carbocycles. The van der Waals surface area contributed by atoms with Crippen molar-refractivity contribution in [2.75, 3.05) is 5.33 Å². The van der Waals surface area contributed by atoms with Crippen LogP contribution in [-0.2, 0) is 11.2 Å². The van der Waals surface area contributed by atoms with Gasteiger partial charge in [-0.1, -0.05) is 40.2 Å². The highest BCUT2D eigenvalue weighted by atomic mass is 79.9. The van der Waals surface area contributed by atoms with E-state index in [1.54, 1.807) is 6.07 Å². The van der Waals surface area contributed by atoms with Crippen LogP contribution in [0.2, 0.25) is 0 Å². The summed E-state index contributed by atoms with van der Waals surface area (Å²) in [6.07, 6.45) is 2.79. The molecule has 0 aliphatic heterocycles. The molecule has 0 N–H and O–H groups in total. The first-order chi connectivity index (χ1) is 5.38. The van der Waals surface area contributed by atoms with Gasteiger partial charge in [0.25, 0.3) is 0 Å². The van der Waals surface area contributed by atoms with Crippen LogP contribution in [0.1, 0.15) is 11.1 Å². The van der Waals surface area contributed by atoms with Gasteiger partial charge in [-0.25, -0.2) is 0 Å². The van der Waals surface area contributed by atoms with E-state index >= 15 is 0 Å². The Morgan fingerprint density at radius 2 is 2.09 bits per heavy atom. The molecule has 0 bridgehead atoms. The molecule has 1 radical (unpaired) electrons. The summed E-state index contributed by atoms with van der Waals surface area (Å²) in [4.78, 5) is 10.4. The van der Waals surface area contributed by atoms with E-state index in [2.05, 4.69) is 15.9 Å². The van der Waals surface area contributed by atoms with Crippen LogP contribution < -0.4 is 0 Å². The van der Waals surface area contributed by atoms with Gasteiger partial charge in [0.05, 0.1) is 0 Å². The molecule has 11 heavy (non-hydrogen) atoms. The molecule has 0 heterocycles. The number of hydrogen-bond acceptors (Lipinski definition) is 1. The maximum atomic E-state index is 10.4. The molecule has 0 saturated carbocycles. The predicted octanol–water partition coefficient (Wildman–Crippen LogP) is 2.08. The number of carbonyl (C=O) groups excluding carboxylic acids is 1. The van der Waals surface area contributed by atoms with Crippen molar-refractivity contribution >= 4 is 22.2 Å².